The molecule has 1 aromatic carbocycles. The summed E-state index contributed by atoms with van der Waals surface area (Å²) in [4.78, 5) is 16.7. The molecule has 0 saturated heterocycles. The monoisotopic (exact) mass is 223 g/mol. The minimum absolute atomic E-state index is 0.112. The summed E-state index contributed by atoms with van der Waals surface area (Å²) < 4.78 is 0. The second-order valence-corrected chi connectivity index (χ2v) is 4.49. The molecule has 0 amide bonds. The fourth-order valence-electron chi connectivity index (χ4n) is 2.39. The molecule has 0 radical (unpaired) electrons. The predicted molar refractivity (Wildman–Crippen MR) is 66.3 cm³/mol. The first-order valence-corrected chi connectivity index (χ1v) is 5.84. The fraction of sp³-hybridized carbons (Fsp3) is 0.200. The Morgan fingerprint density at radius 3 is 2.88 bits per heavy atom. The summed E-state index contributed by atoms with van der Waals surface area (Å²) in [6, 6.07) is 9.75. The van der Waals surface area contributed by atoms with Gasteiger partial charge in [0.2, 0.25) is 0 Å². The molecule has 17 heavy (non-hydrogen) atoms. The molecule has 1 aliphatic rings. The van der Waals surface area contributed by atoms with Gasteiger partial charge in [0.15, 0.2) is 5.78 Å². The Morgan fingerprint density at radius 1 is 1.12 bits per heavy atom. The molecule has 1 heterocycles. The van der Waals surface area contributed by atoms with Crippen LogP contribution in [0.1, 0.15) is 32.7 Å². The van der Waals surface area contributed by atoms with Crippen molar-refractivity contribution in [3.8, 4) is 0 Å². The molecule has 0 atom stereocenters. The number of aryl methyl sites for hydroxylation is 3. The average molecular weight is 223 g/mol. The zero-order valence-corrected chi connectivity index (χ0v) is 9.73. The van der Waals surface area contributed by atoms with Crippen LogP contribution in [0.2, 0.25) is 0 Å². The summed E-state index contributed by atoms with van der Waals surface area (Å²) in [6.45, 7) is 2.06. The van der Waals surface area contributed by atoms with E-state index >= 15 is 0 Å². The van der Waals surface area contributed by atoms with Crippen molar-refractivity contribution in [2.24, 2.45) is 0 Å². The smallest absolute Gasteiger partial charge is 0.195 e. The molecule has 0 spiro atoms. The van der Waals surface area contributed by atoms with E-state index in [0.717, 1.165) is 35.2 Å². The van der Waals surface area contributed by atoms with Crippen LogP contribution in [0.4, 0.5) is 0 Å². The van der Waals surface area contributed by atoms with E-state index in [1.807, 2.05) is 24.3 Å². The summed E-state index contributed by atoms with van der Waals surface area (Å²) in [5, 5.41) is 0. The van der Waals surface area contributed by atoms with Gasteiger partial charge >= 0.3 is 0 Å². The molecule has 0 aliphatic heterocycles. The Hall–Kier alpha value is -1.96. The highest BCUT2D eigenvalue weighted by atomic mass is 16.1. The minimum Gasteiger partial charge on any atom is -0.289 e. The van der Waals surface area contributed by atoms with Crippen LogP contribution in [0.3, 0.4) is 0 Å². The van der Waals surface area contributed by atoms with Crippen molar-refractivity contribution in [2.45, 2.75) is 19.8 Å². The number of carbonyl (C=O) groups is 1. The largest absolute Gasteiger partial charge is 0.289 e. The van der Waals surface area contributed by atoms with Crippen LogP contribution in [0.25, 0.3) is 0 Å². The van der Waals surface area contributed by atoms with Gasteiger partial charge < -0.3 is 0 Å². The summed E-state index contributed by atoms with van der Waals surface area (Å²) in [5.41, 5.74) is 4.87. The molecular weight excluding hydrogens is 210 g/mol. The molecule has 1 aliphatic carbocycles. The quantitative estimate of drug-likeness (QED) is 0.687. The normalized spacial score (nSPS) is 13.8. The summed E-state index contributed by atoms with van der Waals surface area (Å²) in [6.07, 6.45) is 3.50. The van der Waals surface area contributed by atoms with E-state index < -0.39 is 0 Å². The maximum atomic E-state index is 12.4. The third-order valence-electron chi connectivity index (χ3n) is 3.27. The van der Waals surface area contributed by atoms with Crippen LogP contribution in [-0.4, -0.2) is 10.8 Å². The molecule has 1 aromatic heterocycles. The lowest BCUT2D eigenvalue weighted by Crippen LogP contribution is -2.05. The Labute approximate surface area is 100 Å². The Balaban J connectivity index is 2.20. The van der Waals surface area contributed by atoms with Crippen molar-refractivity contribution in [1.29, 1.82) is 0 Å². The molecule has 2 aromatic rings. The minimum atomic E-state index is 0.112. The summed E-state index contributed by atoms with van der Waals surface area (Å²) >= 11 is 0. The number of rotatable bonds is 0. The van der Waals surface area contributed by atoms with E-state index in [9.17, 15) is 4.79 Å². The van der Waals surface area contributed by atoms with Gasteiger partial charge in [0.1, 0.15) is 0 Å². The number of benzene rings is 1. The van der Waals surface area contributed by atoms with Gasteiger partial charge in [-0.25, -0.2) is 0 Å². The van der Waals surface area contributed by atoms with E-state index in [4.69, 9.17) is 0 Å². The Kier molecular flexibility index (Phi) is 2.29. The number of ketones is 1. The van der Waals surface area contributed by atoms with Gasteiger partial charge in [-0.2, -0.15) is 0 Å². The van der Waals surface area contributed by atoms with Gasteiger partial charge in [-0.05, 0) is 37.5 Å². The number of hydrogen-bond donors (Lipinski definition) is 0. The topological polar surface area (TPSA) is 30.0 Å². The zero-order valence-electron chi connectivity index (χ0n) is 9.73. The van der Waals surface area contributed by atoms with Crippen molar-refractivity contribution in [3.63, 3.8) is 0 Å². The Morgan fingerprint density at radius 2 is 2.00 bits per heavy atom. The van der Waals surface area contributed by atoms with E-state index in [1.165, 1.54) is 5.56 Å². The maximum absolute atomic E-state index is 12.4. The Bertz CT molecular complexity index is 602. The fourth-order valence-corrected chi connectivity index (χ4v) is 2.39. The van der Waals surface area contributed by atoms with Crippen molar-refractivity contribution in [1.82, 2.24) is 4.98 Å². The van der Waals surface area contributed by atoms with Crippen LogP contribution >= 0.6 is 0 Å². The lowest BCUT2D eigenvalue weighted by atomic mass is 9.98. The first-order valence-electron chi connectivity index (χ1n) is 5.84. The maximum Gasteiger partial charge on any atom is 0.195 e. The lowest BCUT2D eigenvalue weighted by molar-refractivity contribution is 0.103. The van der Waals surface area contributed by atoms with E-state index in [2.05, 4.69) is 18.0 Å². The van der Waals surface area contributed by atoms with Crippen molar-refractivity contribution >= 4 is 5.78 Å². The molecule has 84 valence electrons. The highest BCUT2D eigenvalue weighted by Crippen LogP contribution is 2.23. The highest BCUT2D eigenvalue weighted by Gasteiger charge is 2.21. The van der Waals surface area contributed by atoms with Crippen LogP contribution in [0.5, 0.6) is 0 Å². The second-order valence-electron chi connectivity index (χ2n) is 4.49. The molecular formula is C15H13NO. The second kappa shape index (κ2) is 3.81. The number of fused-ring (bicyclic) bond motifs is 2. The van der Waals surface area contributed by atoms with Crippen LogP contribution in [0.15, 0.2) is 36.5 Å². The standard InChI is InChI=1S/C15H13NO/c1-10-4-6-12-11(9-10)5-7-14-13(15(12)17)3-2-8-16-14/h2-4,6,8-9H,5,7H2,1H3. The van der Waals surface area contributed by atoms with Gasteiger partial charge in [-0.15, -0.1) is 0 Å². The number of pyridine rings is 1. The zero-order chi connectivity index (χ0) is 11.8. The number of carbonyl (C=O) groups excluding carboxylic acids is 1. The lowest BCUT2D eigenvalue weighted by Gasteiger charge is -2.05. The number of hydrogen-bond acceptors (Lipinski definition) is 2. The molecule has 0 fully saturated rings. The van der Waals surface area contributed by atoms with Gasteiger partial charge in [0, 0.05) is 17.3 Å². The summed E-state index contributed by atoms with van der Waals surface area (Å²) in [7, 11) is 0. The van der Waals surface area contributed by atoms with Crippen LogP contribution in [-0.2, 0) is 12.8 Å². The van der Waals surface area contributed by atoms with Gasteiger partial charge in [0.25, 0.3) is 0 Å². The van der Waals surface area contributed by atoms with E-state index in [1.54, 1.807) is 6.20 Å². The number of nitrogens with zero attached hydrogens (tertiary/aromatic N) is 1. The number of aromatic nitrogens is 1. The summed E-state index contributed by atoms with van der Waals surface area (Å²) in [5.74, 6) is 0.112. The van der Waals surface area contributed by atoms with Gasteiger partial charge in [-0.3, -0.25) is 9.78 Å². The van der Waals surface area contributed by atoms with Gasteiger partial charge in [-0.1, -0.05) is 23.8 Å². The average Bonchev–Trinajstić information content (AvgIpc) is 2.48. The van der Waals surface area contributed by atoms with Crippen molar-refractivity contribution in [2.75, 3.05) is 0 Å². The van der Waals surface area contributed by atoms with Crippen LogP contribution in [0, 0.1) is 6.92 Å². The highest BCUT2D eigenvalue weighted by molar-refractivity contribution is 6.11. The molecule has 0 bridgehead atoms. The van der Waals surface area contributed by atoms with Crippen LogP contribution < -0.4 is 0 Å². The SMILES string of the molecule is Cc1ccc2c(c1)CCc1ncccc1C2=O. The van der Waals surface area contributed by atoms with E-state index in [-0.39, 0.29) is 5.78 Å². The molecule has 0 saturated carbocycles. The van der Waals surface area contributed by atoms with Crippen molar-refractivity contribution < 1.29 is 4.79 Å². The third-order valence-corrected chi connectivity index (χ3v) is 3.27. The first kappa shape index (κ1) is 10.2. The first-order chi connectivity index (χ1) is 8.25. The molecule has 3 rings (SSSR count). The van der Waals surface area contributed by atoms with Crippen molar-refractivity contribution in [3.05, 3.63) is 64.5 Å². The molecule has 0 unspecified atom stereocenters. The molecule has 2 heteroatoms. The van der Waals surface area contributed by atoms with E-state index in [0.29, 0.717) is 0 Å². The van der Waals surface area contributed by atoms with Gasteiger partial charge in [0.05, 0.1) is 5.69 Å². The predicted octanol–water partition coefficient (Wildman–Crippen LogP) is 2.72. The third kappa shape index (κ3) is 1.66. The molecule has 0 N–H and O–H groups in total. The molecule has 2 nitrogen and oxygen atoms in total.